The largest absolute Gasteiger partial charge is 0.417 e. The maximum atomic E-state index is 13.7. The van der Waals surface area contributed by atoms with Crippen LogP contribution in [0.1, 0.15) is 42.1 Å². The van der Waals surface area contributed by atoms with Gasteiger partial charge in [-0.1, -0.05) is 25.5 Å². The average Bonchev–Trinajstić information content (AvgIpc) is 2.90. The predicted octanol–water partition coefficient (Wildman–Crippen LogP) is 5.84. The molecule has 0 unspecified atom stereocenters. The Kier molecular flexibility index (Phi) is 4.78. The number of aryl methyl sites for hydroxylation is 4. The highest BCUT2D eigenvalue weighted by molar-refractivity contribution is 5.85. The summed E-state index contributed by atoms with van der Waals surface area (Å²) in [6, 6.07) is 6.74. The summed E-state index contributed by atoms with van der Waals surface area (Å²) >= 11 is 0. The highest BCUT2D eigenvalue weighted by atomic mass is 19.4. The van der Waals surface area contributed by atoms with Crippen LogP contribution in [-0.2, 0) is 12.7 Å². The Bertz CT molecular complexity index is 955. The first kappa shape index (κ1) is 18.4. The van der Waals surface area contributed by atoms with Gasteiger partial charge in [-0.3, -0.25) is 0 Å². The van der Waals surface area contributed by atoms with E-state index in [-0.39, 0.29) is 5.39 Å². The number of aromatic nitrogens is 3. The summed E-state index contributed by atoms with van der Waals surface area (Å²) in [5.41, 5.74) is 3.12. The third kappa shape index (κ3) is 3.32. The second-order valence-corrected chi connectivity index (χ2v) is 6.71. The van der Waals surface area contributed by atoms with Crippen LogP contribution in [-0.4, -0.2) is 14.8 Å². The first-order valence-electron chi connectivity index (χ1n) is 8.75. The highest BCUT2D eigenvalue weighted by Gasteiger charge is 2.35. The van der Waals surface area contributed by atoms with E-state index in [4.69, 9.17) is 0 Å². The first-order valence-corrected chi connectivity index (χ1v) is 8.75. The average molecular weight is 361 g/mol. The monoisotopic (exact) mass is 361 g/mol. The summed E-state index contributed by atoms with van der Waals surface area (Å²) in [4.78, 5) is 4.56. The first-order chi connectivity index (χ1) is 12.2. The standard InChI is InChI=1S/C20H22F3N3/c1-5-6-9-26-19-18(14(4)25-26)16(20(21,22)23)11-17(24-19)15-8-7-12(2)13(3)10-15/h7-8,10-11H,5-6,9H2,1-4H3. The van der Waals surface area contributed by atoms with Gasteiger partial charge in [0.1, 0.15) is 0 Å². The summed E-state index contributed by atoms with van der Waals surface area (Å²) in [5.74, 6) is 0. The van der Waals surface area contributed by atoms with Crippen LogP contribution in [0.25, 0.3) is 22.3 Å². The van der Waals surface area contributed by atoms with Gasteiger partial charge in [0, 0.05) is 12.1 Å². The van der Waals surface area contributed by atoms with Crippen LogP contribution >= 0.6 is 0 Å². The van der Waals surface area contributed by atoms with Gasteiger partial charge < -0.3 is 0 Å². The molecule has 0 fully saturated rings. The quantitative estimate of drug-likeness (QED) is 0.584. The van der Waals surface area contributed by atoms with Crippen LogP contribution in [0.3, 0.4) is 0 Å². The number of fused-ring (bicyclic) bond motifs is 1. The third-order valence-electron chi connectivity index (χ3n) is 4.71. The Morgan fingerprint density at radius 3 is 2.38 bits per heavy atom. The van der Waals surface area contributed by atoms with Gasteiger partial charge in [0.05, 0.1) is 22.3 Å². The summed E-state index contributed by atoms with van der Waals surface area (Å²) < 4.78 is 42.8. The number of hydrogen-bond donors (Lipinski definition) is 0. The molecular formula is C20H22F3N3. The lowest BCUT2D eigenvalue weighted by molar-refractivity contribution is -0.136. The molecule has 2 heterocycles. The zero-order chi connectivity index (χ0) is 19.1. The molecule has 0 atom stereocenters. The molecule has 3 nitrogen and oxygen atoms in total. The second-order valence-electron chi connectivity index (χ2n) is 6.71. The maximum Gasteiger partial charge on any atom is 0.417 e. The van der Waals surface area contributed by atoms with Crippen LogP contribution in [0, 0.1) is 20.8 Å². The molecule has 3 aromatic rings. The fourth-order valence-electron chi connectivity index (χ4n) is 3.09. The minimum absolute atomic E-state index is 0.0983. The van der Waals surface area contributed by atoms with E-state index in [2.05, 4.69) is 10.1 Å². The summed E-state index contributed by atoms with van der Waals surface area (Å²) in [6.07, 6.45) is -2.68. The number of halogens is 3. The molecule has 26 heavy (non-hydrogen) atoms. The zero-order valence-electron chi connectivity index (χ0n) is 15.4. The van der Waals surface area contributed by atoms with Gasteiger partial charge in [-0.15, -0.1) is 0 Å². The zero-order valence-corrected chi connectivity index (χ0v) is 15.4. The van der Waals surface area contributed by atoms with Crippen LogP contribution in [0.2, 0.25) is 0 Å². The van der Waals surface area contributed by atoms with Gasteiger partial charge in [-0.25, -0.2) is 9.67 Å². The Morgan fingerprint density at radius 1 is 1.04 bits per heavy atom. The van der Waals surface area contributed by atoms with Crippen molar-refractivity contribution in [2.24, 2.45) is 0 Å². The Labute approximate surface area is 150 Å². The molecule has 138 valence electrons. The molecule has 0 saturated heterocycles. The van der Waals surface area contributed by atoms with Crippen molar-refractivity contribution in [2.45, 2.75) is 53.3 Å². The molecule has 2 aromatic heterocycles. The van der Waals surface area contributed by atoms with E-state index in [0.29, 0.717) is 29.1 Å². The van der Waals surface area contributed by atoms with Crippen molar-refractivity contribution < 1.29 is 13.2 Å². The van der Waals surface area contributed by atoms with Crippen LogP contribution < -0.4 is 0 Å². The summed E-state index contributed by atoms with van der Waals surface area (Å²) in [6.45, 7) is 8.12. The predicted molar refractivity (Wildman–Crippen MR) is 97.1 cm³/mol. The van der Waals surface area contributed by atoms with E-state index in [1.807, 2.05) is 39.0 Å². The van der Waals surface area contributed by atoms with Crippen molar-refractivity contribution in [1.29, 1.82) is 0 Å². The number of alkyl halides is 3. The minimum Gasteiger partial charge on any atom is -0.247 e. The van der Waals surface area contributed by atoms with Crippen LogP contribution in [0.4, 0.5) is 13.2 Å². The molecule has 3 rings (SSSR count). The SMILES string of the molecule is CCCCn1nc(C)c2c(C(F)(F)F)cc(-c3ccc(C)c(C)c3)nc21. The van der Waals surface area contributed by atoms with Crippen molar-refractivity contribution in [3.8, 4) is 11.3 Å². The molecule has 0 amide bonds. The molecule has 0 bridgehead atoms. The van der Waals surface area contributed by atoms with Gasteiger partial charge in [-0.2, -0.15) is 18.3 Å². The van der Waals surface area contributed by atoms with E-state index >= 15 is 0 Å². The number of pyridine rings is 1. The van der Waals surface area contributed by atoms with E-state index < -0.39 is 11.7 Å². The fourth-order valence-corrected chi connectivity index (χ4v) is 3.09. The van der Waals surface area contributed by atoms with E-state index in [9.17, 15) is 13.2 Å². The molecule has 0 N–H and O–H groups in total. The van der Waals surface area contributed by atoms with E-state index in [1.165, 1.54) is 0 Å². The van der Waals surface area contributed by atoms with Crippen LogP contribution in [0.5, 0.6) is 0 Å². The molecule has 1 aromatic carbocycles. The normalized spacial score (nSPS) is 12.1. The van der Waals surface area contributed by atoms with Gasteiger partial charge in [-0.05, 0) is 50.5 Å². The van der Waals surface area contributed by atoms with Gasteiger partial charge in [0.15, 0.2) is 5.65 Å². The maximum absolute atomic E-state index is 13.7. The number of nitrogens with zero attached hydrogens (tertiary/aromatic N) is 3. The van der Waals surface area contributed by atoms with E-state index in [1.54, 1.807) is 11.6 Å². The second kappa shape index (κ2) is 6.74. The number of unbranched alkanes of at least 4 members (excludes halogenated alkanes) is 1. The number of benzene rings is 1. The smallest absolute Gasteiger partial charge is 0.247 e. The molecular weight excluding hydrogens is 339 g/mol. The van der Waals surface area contributed by atoms with Crippen molar-refractivity contribution in [2.75, 3.05) is 0 Å². The molecule has 6 heteroatoms. The molecule has 0 spiro atoms. The van der Waals surface area contributed by atoms with Gasteiger partial charge in [0.25, 0.3) is 0 Å². The van der Waals surface area contributed by atoms with Crippen molar-refractivity contribution >= 4 is 11.0 Å². The molecule has 0 aliphatic carbocycles. The van der Waals surface area contributed by atoms with Crippen LogP contribution in [0.15, 0.2) is 24.3 Å². The number of rotatable bonds is 4. The van der Waals surface area contributed by atoms with E-state index in [0.717, 1.165) is 30.0 Å². The van der Waals surface area contributed by atoms with Gasteiger partial charge in [0.2, 0.25) is 0 Å². The Hall–Kier alpha value is -2.37. The lowest BCUT2D eigenvalue weighted by atomic mass is 10.0. The fraction of sp³-hybridized carbons (Fsp3) is 0.400. The third-order valence-corrected chi connectivity index (χ3v) is 4.71. The van der Waals surface area contributed by atoms with Gasteiger partial charge >= 0.3 is 6.18 Å². The van der Waals surface area contributed by atoms with Crippen molar-refractivity contribution in [3.63, 3.8) is 0 Å². The lowest BCUT2D eigenvalue weighted by Crippen LogP contribution is -2.08. The summed E-state index contributed by atoms with van der Waals surface area (Å²) in [7, 11) is 0. The lowest BCUT2D eigenvalue weighted by Gasteiger charge is -2.12. The number of hydrogen-bond acceptors (Lipinski definition) is 2. The molecule has 0 aliphatic rings. The summed E-state index contributed by atoms with van der Waals surface area (Å²) in [5, 5.41) is 4.42. The molecule has 0 radical (unpaired) electrons. The topological polar surface area (TPSA) is 30.7 Å². The van der Waals surface area contributed by atoms with Crippen molar-refractivity contribution in [1.82, 2.24) is 14.8 Å². The minimum atomic E-state index is -4.46. The Morgan fingerprint density at radius 2 is 1.77 bits per heavy atom. The highest BCUT2D eigenvalue weighted by Crippen LogP contribution is 2.38. The molecule has 0 saturated carbocycles. The molecule has 0 aliphatic heterocycles. The van der Waals surface area contributed by atoms with Crippen molar-refractivity contribution in [3.05, 3.63) is 46.6 Å². The Balaban J connectivity index is 2.29.